The molecule has 1 amide bonds. The predicted molar refractivity (Wildman–Crippen MR) is 80.6 cm³/mol. The van der Waals surface area contributed by atoms with Gasteiger partial charge in [-0.1, -0.05) is 38.1 Å². The summed E-state index contributed by atoms with van der Waals surface area (Å²) in [5.41, 5.74) is 2.25. The van der Waals surface area contributed by atoms with Gasteiger partial charge in [-0.25, -0.2) is 4.39 Å². The van der Waals surface area contributed by atoms with Crippen LogP contribution < -0.4 is 5.32 Å². The van der Waals surface area contributed by atoms with Gasteiger partial charge in [0, 0.05) is 6.20 Å². The molecule has 110 valence electrons. The quantitative estimate of drug-likeness (QED) is 0.928. The number of halogens is 1. The first-order chi connectivity index (χ1) is 9.99. The van der Waals surface area contributed by atoms with Gasteiger partial charge in [0.1, 0.15) is 0 Å². The molecule has 0 aliphatic carbocycles. The molecule has 0 bridgehead atoms. The molecule has 1 unspecified atom stereocenters. The SMILES string of the molecule is CC(C)c1ccc(C(C)NC(=O)c2ccncc2F)cc1. The number of hydrogen-bond donors (Lipinski definition) is 1. The van der Waals surface area contributed by atoms with Crippen molar-refractivity contribution in [1.29, 1.82) is 0 Å². The third-order valence-corrected chi connectivity index (χ3v) is 3.47. The number of rotatable bonds is 4. The number of amides is 1. The lowest BCUT2D eigenvalue weighted by molar-refractivity contribution is 0.0935. The number of carbonyl (C=O) groups is 1. The summed E-state index contributed by atoms with van der Waals surface area (Å²) in [7, 11) is 0. The summed E-state index contributed by atoms with van der Waals surface area (Å²) >= 11 is 0. The molecule has 1 heterocycles. The summed E-state index contributed by atoms with van der Waals surface area (Å²) in [5, 5.41) is 2.80. The Kier molecular flexibility index (Phi) is 4.68. The molecule has 0 fully saturated rings. The Bertz CT molecular complexity index is 623. The minimum absolute atomic E-state index is 0.00986. The van der Waals surface area contributed by atoms with Crippen LogP contribution in [0, 0.1) is 5.82 Å². The van der Waals surface area contributed by atoms with E-state index >= 15 is 0 Å². The molecule has 1 aromatic carbocycles. The normalized spacial score (nSPS) is 12.2. The van der Waals surface area contributed by atoms with Gasteiger partial charge in [-0.15, -0.1) is 0 Å². The first-order valence-corrected chi connectivity index (χ1v) is 6.99. The topological polar surface area (TPSA) is 42.0 Å². The van der Waals surface area contributed by atoms with Gasteiger partial charge >= 0.3 is 0 Å². The molecule has 21 heavy (non-hydrogen) atoms. The molecule has 0 saturated heterocycles. The molecule has 0 aliphatic heterocycles. The van der Waals surface area contributed by atoms with Crippen LogP contribution >= 0.6 is 0 Å². The van der Waals surface area contributed by atoms with E-state index in [0.717, 1.165) is 11.8 Å². The molecule has 3 nitrogen and oxygen atoms in total. The molecule has 0 aliphatic rings. The molecular weight excluding hydrogens is 267 g/mol. The molecule has 1 atom stereocenters. The van der Waals surface area contributed by atoms with E-state index in [-0.39, 0.29) is 11.6 Å². The van der Waals surface area contributed by atoms with Crippen LogP contribution in [0.1, 0.15) is 54.2 Å². The largest absolute Gasteiger partial charge is 0.345 e. The van der Waals surface area contributed by atoms with E-state index in [1.807, 2.05) is 19.1 Å². The molecule has 2 rings (SSSR count). The van der Waals surface area contributed by atoms with Crippen molar-refractivity contribution in [3.05, 3.63) is 65.2 Å². The monoisotopic (exact) mass is 286 g/mol. The number of hydrogen-bond acceptors (Lipinski definition) is 2. The Morgan fingerprint density at radius 2 is 1.71 bits per heavy atom. The van der Waals surface area contributed by atoms with Crippen molar-refractivity contribution < 1.29 is 9.18 Å². The van der Waals surface area contributed by atoms with Gasteiger partial charge in [0.25, 0.3) is 5.91 Å². The Hall–Kier alpha value is -2.23. The zero-order valence-corrected chi connectivity index (χ0v) is 12.4. The molecule has 0 saturated carbocycles. The lowest BCUT2D eigenvalue weighted by atomic mass is 9.99. The molecule has 0 spiro atoms. The highest BCUT2D eigenvalue weighted by Crippen LogP contribution is 2.19. The van der Waals surface area contributed by atoms with E-state index in [4.69, 9.17) is 0 Å². The highest BCUT2D eigenvalue weighted by Gasteiger charge is 2.15. The number of nitrogens with one attached hydrogen (secondary N) is 1. The van der Waals surface area contributed by atoms with Gasteiger partial charge < -0.3 is 5.32 Å². The van der Waals surface area contributed by atoms with E-state index in [1.54, 1.807) is 0 Å². The summed E-state index contributed by atoms with van der Waals surface area (Å²) in [6.45, 7) is 6.14. The van der Waals surface area contributed by atoms with Crippen LogP contribution in [-0.2, 0) is 0 Å². The van der Waals surface area contributed by atoms with Crippen LogP contribution in [0.5, 0.6) is 0 Å². The minimum atomic E-state index is -0.614. The van der Waals surface area contributed by atoms with Crippen molar-refractivity contribution in [2.75, 3.05) is 0 Å². The van der Waals surface area contributed by atoms with Crippen molar-refractivity contribution >= 4 is 5.91 Å². The van der Waals surface area contributed by atoms with Gasteiger partial charge in [0.2, 0.25) is 0 Å². The number of aromatic nitrogens is 1. The zero-order valence-electron chi connectivity index (χ0n) is 12.4. The summed E-state index contributed by atoms with van der Waals surface area (Å²) in [4.78, 5) is 15.7. The Labute approximate surface area is 124 Å². The van der Waals surface area contributed by atoms with Crippen LogP contribution in [0.15, 0.2) is 42.7 Å². The summed E-state index contributed by atoms with van der Waals surface area (Å²) in [6.07, 6.45) is 2.44. The van der Waals surface area contributed by atoms with Crippen molar-refractivity contribution in [3.8, 4) is 0 Å². The van der Waals surface area contributed by atoms with Crippen LogP contribution in [0.25, 0.3) is 0 Å². The number of nitrogens with zero attached hydrogens (tertiary/aromatic N) is 1. The fourth-order valence-corrected chi connectivity index (χ4v) is 2.09. The van der Waals surface area contributed by atoms with Crippen molar-refractivity contribution in [1.82, 2.24) is 10.3 Å². The van der Waals surface area contributed by atoms with Crippen LogP contribution in [0.3, 0.4) is 0 Å². The molecule has 1 N–H and O–H groups in total. The molecular formula is C17H19FN2O. The summed E-state index contributed by atoms with van der Waals surface area (Å²) < 4.78 is 13.5. The average molecular weight is 286 g/mol. The predicted octanol–water partition coefficient (Wildman–Crippen LogP) is 3.84. The van der Waals surface area contributed by atoms with Crippen LogP contribution in [0.2, 0.25) is 0 Å². The van der Waals surface area contributed by atoms with E-state index < -0.39 is 11.7 Å². The van der Waals surface area contributed by atoms with Gasteiger partial charge in [0.15, 0.2) is 5.82 Å². The lowest BCUT2D eigenvalue weighted by Crippen LogP contribution is -2.27. The highest BCUT2D eigenvalue weighted by atomic mass is 19.1. The van der Waals surface area contributed by atoms with Crippen molar-refractivity contribution in [2.45, 2.75) is 32.7 Å². The smallest absolute Gasteiger partial charge is 0.254 e. The number of benzene rings is 1. The van der Waals surface area contributed by atoms with Crippen molar-refractivity contribution in [3.63, 3.8) is 0 Å². The summed E-state index contributed by atoms with van der Waals surface area (Å²) in [6, 6.07) is 9.27. The Morgan fingerprint density at radius 3 is 2.29 bits per heavy atom. The third-order valence-electron chi connectivity index (χ3n) is 3.47. The minimum Gasteiger partial charge on any atom is -0.345 e. The van der Waals surface area contributed by atoms with Crippen molar-refractivity contribution in [2.24, 2.45) is 0 Å². The van der Waals surface area contributed by atoms with E-state index in [0.29, 0.717) is 5.92 Å². The Morgan fingerprint density at radius 1 is 1.10 bits per heavy atom. The molecule has 1 aromatic heterocycles. The van der Waals surface area contributed by atoms with E-state index in [1.165, 1.54) is 17.8 Å². The number of pyridine rings is 1. The third kappa shape index (κ3) is 3.66. The van der Waals surface area contributed by atoms with Crippen LogP contribution in [-0.4, -0.2) is 10.9 Å². The van der Waals surface area contributed by atoms with Gasteiger partial charge in [-0.05, 0) is 30.0 Å². The van der Waals surface area contributed by atoms with Gasteiger partial charge in [-0.3, -0.25) is 9.78 Å². The fourth-order valence-electron chi connectivity index (χ4n) is 2.09. The first kappa shape index (κ1) is 15.2. The maximum Gasteiger partial charge on any atom is 0.254 e. The lowest BCUT2D eigenvalue weighted by Gasteiger charge is -2.15. The maximum absolute atomic E-state index is 13.5. The standard InChI is InChI=1S/C17H19FN2O/c1-11(2)13-4-6-14(7-5-13)12(3)20-17(21)15-8-9-19-10-16(15)18/h4-12H,1-3H3,(H,20,21). The first-order valence-electron chi connectivity index (χ1n) is 6.99. The number of carbonyl (C=O) groups excluding carboxylic acids is 1. The molecule has 0 radical (unpaired) electrons. The Balaban J connectivity index is 2.09. The maximum atomic E-state index is 13.5. The second-order valence-electron chi connectivity index (χ2n) is 5.37. The van der Waals surface area contributed by atoms with Gasteiger partial charge in [-0.2, -0.15) is 0 Å². The fraction of sp³-hybridized carbons (Fsp3) is 0.294. The molecule has 4 heteroatoms. The van der Waals surface area contributed by atoms with Gasteiger partial charge in [0.05, 0.1) is 17.8 Å². The summed E-state index contributed by atoms with van der Waals surface area (Å²) in [5.74, 6) is -0.581. The van der Waals surface area contributed by atoms with E-state index in [9.17, 15) is 9.18 Å². The average Bonchev–Trinajstić information content (AvgIpc) is 2.47. The highest BCUT2D eigenvalue weighted by molar-refractivity contribution is 5.94. The second-order valence-corrected chi connectivity index (χ2v) is 5.37. The zero-order chi connectivity index (χ0) is 15.4. The second kappa shape index (κ2) is 6.48. The van der Waals surface area contributed by atoms with E-state index in [2.05, 4.69) is 36.3 Å². The molecule has 2 aromatic rings. The van der Waals surface area contributed by atoms with Crippen LogP contribution in [0.4, 0.5) is 4.39 Å².